The number of nitro groups is 1. The Morgan fingerprint density at radius 3 is 2.79 bits per heavy atom. The summed E-state index contributed by atoms with van der Waals surface area (Å²) >= 11 is 0. The molecule has 3 heteroatoms. The number of hydrogen-bond acceptors (Lipinski definition) is 2. The fourth-order valence-electron chi connectivity index (χ4n) is 1.24. The lowest BCUT2D eigenvalue weighted by Crippen LogP contribution is -1.96. The van der Waals surface area contributed by atoms with Crippen molar-refractivity contribution in [1.82, 2.24) is 0 Å². The van der Waals surface area contributed by atoms with Gasteiger partial charge in [0, 0.05) is 12.5 Å². The van der Waals surface area contributed by atoms with Crippen molar-refractivity contribution >= 4 is 6.08 Å². The van der Waals surface area contributed by atoms with Crippen LogP contribution in [0.3, 0.4) is 0 Å². The van der Waals surface area contributed by atoms with E-state index in [0.717, 1.165) is 11.1 Å². The average Bonchev–Trinajstić information content (AvgIpc) is 2.14. The maximum Gasteiger partial charge on any atom is 0.246 e. The third-order valence-corrected chi connectivity index (χ3v) is 1.97. The van der Waals surface area contributed by atoms with Crippen LogP contribution in [-0.4, -0.2) is 4.92 Å². The third-order valence-electron chi connectivity index (χ3n) is 1.97. The van der Waals surface area contributed by atoms with E-state index >= 15 is 0 Å². The molecule has 0 saturated carbocycles. The molecule has 0 aliphatic carbocycles. The van der Waals surface area contributed by atoms with Crippen LogP contribution in [0.5, 0.6) is 0 Å². The van der Waals surface area contributed by atoms with Crippen molar-refractivity contribution in [3.05, 3.63) is 51.2 Å². The van der Waals surface area contributed by atoms with Crippen LogP contribution < -0.4 is 0 Å². The van der Waals surface area contributed by atoms with Crippen LogP contribution in [0.25, 0.3) is 6.08 Å². The zero-order chi connectivity index (χ0) is 10.6. The molecule has 0 saturated heterocycles. The maximum absolute atomic E-state index is 10.6. The first kappa shape index (κ1) is 10.4. The molecule has 3 nitrogen and oxygen atoms in total. The van der Waals surface area contributed by atoms with E-state index in [1.165, 1.54) is 0 Å². The first-order valence-electron chi connectivity index (χ1n) is 4.55. The Morgan fingerprint density at radius 2 is 2.29 bits per heavy atom. The van der Waals surface area contributed by atoms with E-state index in [1.54, 1.807) is 13.0 Å². The average molecular weight is 191 g/mol. The zero-order valence-corrected chi connectivity index (χ0v) is 8.36. The highest BCUT2D eigenvalue weighted by Gasteiger charge is 2.06. The van der Waals surface area contributed by atoms with Crippen LogP contribution >= 0.6 is 0 Å². The lowest BCUT2D eigenvalue weighted by atomic mass is 10.1. The predicted molar refractivity (Wildman–Crippen MR) is 56.4 cm³/mol. The van der Waals surface area contributed by atoms with Crippen LogP contribution in [-0.2, 0) is 0 Å². The van der Waals surface area contributed by atoms with Crippen molar-refractivity contribution in [1.29, 1.82) is 0 Å². The number of rotatable bonds is 3. The molecule has 0 heterocycles. The molecule has 0 spiro atoms. The van der Waals surface area contributed by atoms with Crippen molar-refractivity contribution in [2.75, 3.05) is 0 Å². The van der Waals surface area contributed by atoms with Crippen LogP contribution in [0.4, 0.5) is 0 Å². The Labute approximate surface area is 83.2 Å². The van der Waals surface area contributed by atoms with Gasteiger partial charge in [0.1, 0.15) is 0 Å². The fourth-order valence-corrected chi connectivity index (χ4v) is 1.24. The van der Waals surface area contributed by atoms with E-state index in [0.29, 0.717) is 6.42 Å². The first-order valence-corrected chi connectivity index (χ1v) is 4.55. The van der Waals surface area contributed by atoms with Crippen molar-refractivity contribution in [2.24, 2.45) is 0 Å². The fraction of sp³-hybridized carbons (Fsp3) is 0.273. The molecule has 0 radical (unpaired) electrons. The van der Waals surface area contributed by atoms with Crippen LogP contribution in [0.1, 0.15) is 24.5 Å². The third kappa shape index (κ3) is 2.69. The van der Waals surface area contributed by atoms with Crippen molar-refractivity contribution < 1.29 is 4.92 Å². The number of aryl methyl sites for hydroxylation is 1. The number of benzene rings is 1. The molecule has 1 rings (SSSR count). The molecule has 1 aromatic rings. The topological polar surface area (TPSA) is 43.1 Å². The summed E-state index contributed by atoms with van der Waals surface area (Å²) in [5.41, 5.74) is 2.24. The van der Waals surface area contributed by atoms with E-state index < -0.39 is 0 Å². The minimum Gasteiger partial charge on any atom is -0.259 e. The Bertz CT molecular complexity index is 369. The van der Waals surface area contributed by atoms with Crippen molar-refractivity contribution in [2.45, 2.75) is 20.3 Å². The second-order valence-electron chi connectivity index (χ2n) is 3.16. The summed E-state index contributed by atoms with van der Waals surface area (Å²) < 4.78 is 0. The second kappa shape index (κ2) is 4.56. The lowest BCUT2D eigenvalue weighted by molar-refractivity contribution is -0.425. The Balaban J connectivity index is 3.00. The summed E-state index contributed by atoms with van der Waals surface area (Å²) in [6, 6.07) is 7.66. The summed E-state index contributed by atoms with van der Waals surface area (Å²) in [5.74, 6) is 0. The van der Waals surface area contributed by atoms with Crippen molar-refractivity contribution in [3.63, 3.8) is 0 Å². The van der Waals surface area contributed by atoms with Gasteiger partial charge in [0.25, 0.3) is 0 Å². The van der Waals surface area contributed by atoms with E-state index in [9.17, 15) is 10.1 Å². The van der Waals surface area contributed by atoms with E-state index in [2.05, 4.69) is 0 Å². The molecule has 0 aromatic heterocycles. The van der Waals surface area contributed by atoms with Gasteiger partial charge >= 0.3 is 0 Å². The van der Waals surface area contributed by atoms with Gasteiger partial charge in [-0.05, 0) is 12.5 Å². The van der Waals surface area contributed by atoms with Crippen molar-refractivity contribution in [3.8, 4) is 0 Å². The van der Waals surface area contributed by atoms with E-state index in [-0.39, 0.29) is 10.6 Å². The molecule has 0 aliphatic heterocycles. The largest absolute Gasteiger partial charge is 0.259 e. The monoisotopic (exact) mass is 191 g/mol. The molecule has 14 heavy (non-hydrogen) atoms. The first-order chi connectivity index (χ1) is 6.63. The lowest BCUT2D eigenvalue weighted by Gasteiger charge is -1.97. The molecule has 0 atom stereocenters. The SMILES string of the molecule is CC/C(=C\c1cccc(C)c1)[N+](=O)[O-]. The standard InChI is InChI=1S/C11H13NO2/c1-3-11(12(13)14)8-10-6-4-5-9(2)7-10/h4-8H,3H2,1-2H3/b11-8+. The zero-order valence-electron chi connectivity index (χ0n) is 8.36. The summed E-state index contributed by atoms with van der Waals surface area (Å²) in [4.78, 5) is 10.2. The highest BCUT2D eigenvalue weighted by Crippen LogP contribution is 2.11. The molecular weight excluding hydrogens is 178 g/mol. The normalized spacial score (nSPS) is 11.4. The van der Waals surface area contributed by atoms with Gasteiger partial charge in [-0.25, -0.2) is 0 Å². The molecule has 0 fully saturated rings. The smallest absolute Gasteiger partial charge is 0.246 e. The molecule has 0 bridgehead atoms. The summed E-state index contributed by atoms with van der Waals surface area (Å²) in [6.07, 6.45) is 2.06. The van der Waals surface area contributed by atoms with Gasteiger partial charge < -0.3 is 0 Å². The number of nitrogens with zero attached hydrogens (tertiary/aromatic N) is 1. The molecule has 0 aliphatic rings. The van der Waals surface area contributed by atoms with Crippen LogP contribution in [0.15, 0.2) is 30.0 Å². The quantitative estimate of drug-likeness (QED) is 0.544. The second-order valence-corrected chi connectivity index (χ2v) is 3.16. The van der Waals surface area contributed by atoms with E-state index in [4.69, 9.17) is 0 Å². The van der Waals surface area contributed by atoms with Crippen LogP contribution in [0, 0.1) is 17.0 Å². The molecule has 0 N–H and O–H groups in total. The summed E-state index contributed by atoms with van der Waals surface area (Å²) in [5, 5.41) is 10.6. The molecule has 0 unspecified atom stereocenters. The van der Waals surface area contributed by atoms with Gasteiger partial charge in [0.05, 0.1) is 4.92 Å². The molecular formula is C11H13NO2. The van der Waals surface area contributed by atoms with Gasteiger partial charge in [-0.2, -0.15) is 0 Å². The van der Waals surface area contributed by atoms with Gasteiger partial charge in [-0.1, -0.05) is 36.8 Å². The predicted octanol–water partition coefficient (Wildman–Crippen LogP) is 3.02. The minimum atomic E-state index is -0.331. The minimum absolute atomic E-state index is 0.246. The Kier molecular flexibility index (Phi) is 3.40. The van der Waals surface area contributed by atoms with Gasteiger partial charge in [-0.15, -0.1) is 0 Å². The Morgan fingerprint density at radius 1 is 1.57 bits per heavy atom. The van der Waals surface area contributed by atoms with E-state index in [1.807, 2.05) is 31.2 Å². The summed E-state index contributed by atoms with van der Waals surface area (Å²) in [6.45, 7) is 3.75. The highest BCUT2D eigenvalue weighted by atomic mass is 16.6. The molecule has 1 aromatic carbocycles. The van der Waals surface area contributed by atoms with Gasteiger partial charge in [-0.3, -0.25) is 10.1 Å². The highest BCUT2D eigenvalue weighted by molar-refractivity contribution is 5.51. The number of hydrogen-bond donors (Lipinski definition) is 0. The van der Waals surface area contributed by atoms with Gasteiger partial charge in [0.15, 0.2) is 0 Å². The molecule has 74 valence electrons. The molecule has 0 amide bonds. The summed E-state index contributed by atoms with van der Waals surface area (Å²) in [7, 11) is 0. The maximum atomic E-state index is 10.6. The van der Waals surface area contributed by atoms with Gasteiger partial charge in [0.2, 0.25) is 5.70 Å². The Hall–Kier alpha value is -1.64. The van der Waals surface area contributed by atoms with Crippen LogP contribution in [0.2, 0.25) is 0 Å². The number of allylic oxidation sites excluding steroid dienone is 1.